The Hall–Kier alpha value is -2.59. The lowest BCUT2D eigenvalue weighted by atomic mass is 10.1. The van der Waals surface area contributed by atoms with Gasteiger partial charge in [-0.25, -0.2) is 4.79 Å². The molecule has 0 aliphatic carbocycles. The number of ether oxygens (including phenoxy) is 1. The molecule has 4 aromatic rings. The fourth-order valence-corrected chi connectivity index (χ4v) is 2.75. The highest BCUT2D eigenvalue weighted by molar-refractivity contribution is 6.92. The Kier molecular flexibility index (Phi) is 5.19. The number of hydrogen-bond donors (Lipinski definition) is 0. The largest absolute Gasteiger partial charge is 0.492 e. The van der Waals surface area contributed by atoms with Gasteiger partial charge in [-0.3, -0.25) is 4.68 Å². The molecule has 0 amide bonds. The van der Waals surface area contributed by atoms with Crippen molar-refractivity contribution in [3.8, 4) is 5.75 Å². The highest BCUT2D eigenvalue weighted by Gasteiger charge is 2.13. The molecule has 0 radical (unpaired) electrons. The number of rotatable bonds is 6. The monoisotopic (exact) mass is 358 g/mol. The Morgan fingerprint density at radius 2 is 2.00 bits per heavy atom. The molecule has 130 valence electrons. The van der Waals surface area contributed by atoms with Gasteiger partial charge in [0.1, 0.15) is 16.9 Å². The zero-order valence-corrected chi connectivity index (χ0v) is 15.1. The Morgan fingerprint density at radius 1 is 1.12 bits per heavy atom. The third-order valence-corrected chi connectivity index (χ3v) is 3.90. The number of fused-ring (bicyclic) bond motifs is 2. The average molecular weight is 358 g/mol. The van der Waals surface area contributed by atoms with Crippen LogP contribution in [-0.2, 0) is 6.54 Å². The summed E-state index contributed by atoms with van der Waals surface area (Å²) in [6, 6.07) is 8.62. The van der Waals surface area contributed by atoms with Crippen molar-refractivity contribution in [2.75, 3.05) is 6.61 Å². The van der Waals surface area contributed by atoms with E-state index in [-0.39, 0.29) is 9.90 Å². The van der Waals surface area contributed by atoms with Crippen LogP contribution < -0.4 is 10.4 Å². The first kappa shape index (κ1) is 17.2. The molecular formula is C18H19N2O4P. The van der Waals surface area contributed by atoms with Crippen LogP contribution in [0.15, 0.2) is 62.6 Å². The van der Waals surface area contributed by atoms with Crippen molar-refractivity contribution < 1.29 is 13.6 Å². The maximum absolute atomic E-state index is 11.4. The summed E-state index contributed by atoms with van der Waals surface area (Å²) in [5.41, 5.74) is 0.721. The average Bonchev–Trinajstić information content (AvgIpc) is 3.24. The maximum Gasteiger partial charge on any atom is 0.336 e. The minimum atomic E-state index is -0.390. The van der Waals surface area contributed by atoms with E-state index in [9.17, 15) is 4.79 Å². The van der Waals surface area contributed by atoms with Crippen LogP contribution >= 0.6 is 9.90 Å². The topological polar surface area (TPSA) is 70.4 Å². The molecule has 0 saturated heterocycles. The normalized spacial score (nSPS) is 10.9. The Labute approximate surface area is 147 Å². The molecule has 1 atom stereocenters. The molecule has 3 aromatic heterocycles. The van der Waals surface area contributed by atoms with E-state index in [4.69, 9.17) is 13.6 Å². The van der Waals surface area contributed by atoms with Gasteiger partial charge in [-0.2, -0.15) is 15.0 Å². The standard InChI is InChI=1S/C18H16N2O4.H3P/c21-17-5-4-13-16(24-17)12-15-14(6-11-22-15)18(13)23-10-2-1-8-20-9-3-7-19-20;/h3-7,9,11-12H,1-2,8,10H2;1H3. The molecule has 0 bridgehead atoms. The fourth-order valence-electron chi connectivity index (χ4n) is 2.75. The van der Waals surface area contributed by atoms with Gasteiger partial charge in [-0.05, 0) is 31.0 Å². The number of benzene rings is 1. The van der Waals surface area contributed by atoms with Crippen molar-refractivity contribution >= 4 is 31.8 Å². The number of unbranched alkanes of at least 4 members (excludes halogenated alkanes) is 1. The van der Waals surface area contributed by atoms with E-state index in [0.717, 1.165) is 30.2 Å². The Balaban J connectivity index is 0.00000182. The second kappa shape index (κ2) is 7.53. The first-order chi connectivity index (χ1) is 11.8. The third kappa shape index (κ3) is 3.59. The molecule has 1 unspecified atom stereocenters. The minimum Gasteiger partial charge on any atom is -0.492 e. The lowest BCUT2D eigenvalue weighted by molar-refractivity contribution is 0.308. The van der Waals surface area contributed by atoms with Crippen LogP contribution in [0.4, 0.5) is 0 Å². The summed E-state index contributed by atoms with van der Waals surface area (Å²) in [5, 5.41) is 5.83. The quantitative estimate of drug-likeness (QED) is 0.299. The SMILES string of the molecule is O=c1ccc2c(OCCCCn3cccn3)c3ccoc3cc2o1.P. The summed E-state index contributed by atoms with van der Waals surface area (Å²) in [7, 11) is 0. The van der Waals surface area contributed by atoms with E-state index in [1.165, 1.54) is 6.07 Å². The van der Waals surface area contributed by atoms with Crippen molar-refractivity contribution in [2.45, 2.75) is 19.4 Å². The number of furan rings is 1. The van der Waals surface area contributed by atoms with Crippen LogP contribution in [0.5, 0.6) is 5.75 Å². The lowest BCUT2D eigenvalue weighted by Crippen LogP contribution is -2.03. The van der Waals surface area contributed by atoms with Crippen molar-refractivity contribution in [2.24, 2.45) is 0 Å². The molecule has 7 heteroatoms. The second-order valence-corrected chi connectivity index (χ2v) is 5.53. The Bertz CT molecular complexity index is 1020. The Morgan fingerprint density at radius 3 is 2.84 bits per heavy atom. The summed E-state index contributed by atoms with van der Waals surface area (Å²) in [6.07, 6.45) is 7.19. The summed E-state index contributed by atoms with van der Waals surface area (Å²) < 4.78 is 18.6. The first-order valence-corrected chi connectivity index (χ1v) is 7.85. The van der Waals surface area contributed by atoms with E-state index in [1.807, 2.05) is 23.0 Å². The van der Waals surface area contributed by atoms with Gasteiger partial charge >= 0.3 is 5.63 Å². The highest BCUT2D eigenvalue weighted by atomic mass is 31.0. The van der Waals surface area contributed by atoms with E-state index in [2.05, 4.69) is 5.10 Å². The summed E-state index contributed by atoms with van der Waals surface area (Å²) >= 11 is 0. The third-order valence-electron chi connectivity index (χ3n) is 3.90. The number of aryl methyl sites for hydroxylation is 1. The molecular weight excluding hydrogens is 339 g/mol. The molecule has 0 N–H and O–H groups in total. The summed E-state index contributed by atoms with van der Waals surface area (Å²) in [6.45, 7) is 1.43. The van der Waals surface area contributed by atoms with Gasteiger partial charge in [0.2, 0.25) is 0 Å². The predicted molar refractivity (Wildman–Crippen MR) is 100 cm³/mol. The number of nitrogens with zero attached hydrogens (tertiary/aromatic N) is 2. The van der Waals surface area contributed by atoms with Crippen molar-refractivity contribution in [1.29, 1.82) is 0 Å². The fraction of sp³-hybridized carbons (Fsp3) is 0.222. The smallest absolute Gasteiger partial charge is 0.336 e. The van der Waals surface area contributed by atoms with E-state index in [1.54, 1.807) is 24.6 Å². The van der Waals surface area contributed by atoms with Gasteiger partial charge in [0.15, 0.2) is 0 Å². The van der Waals surface area contributed by atoms with Gasteiger partial charge in [-0.15, -0.1) is 0 Å². The molecule has 0 spiro atoms. The zero-order valence-electron chi connectivity index (χ0n) is 13.7. The van der Waals surface area contributed by atoms with Crippen LogP contribution in [-0.4, -0.2) is 16.4 Å². The van der Waals surface area contributed by atoms with E-state index < -0.39 is 5.63 Å². The van der Waals surface area contributed by atoms with Crippen LogP contribution in [0.3, 0.4) is 0 Å². The van der Waals surface area contributed by atoms with Crippen molar-refractivity contribution in [1.82, 2.24) is 9.78 Å². The summed E-state index contributed by atoms with van der Waals surface area (Å²) in [4.78, 5) is 11.4. The molecule has 0 aliphatic heterocycles. The van der Waals surface area contributed by atoms with Crippen LogP contribution in [0.2, 0.25) is 0 Å². The van der Waals surface area contributed by atoms with Crippen molar-refractivity contribution in [3.05, 3.63) is 59.4 Å². The minimum absolute atomic E-state index is 0. The van der Waals surface area contributed by atoms with E-state index in [0.29, 0.717) is 23.5 Å². The molecule has 1 aromatic carbocycles. The summed E-state index contributed by atoms with van der Waals surface area (Å²) in [5.74, 6) is 0.694. The van der Waals surface area contributed by atoms with Crippen LogP contribution in [0.1, 0.15) is 12.8 Å². The van der Waals surface area contributed by atoms with Gasteiger partial charge < -0.3 is 13.6 Å². The molecule has 6 nitrogen and oxygen atoms in total. The van der Waals surface area contributed by atoms with Gasteiger partial charge in [0.05, 0.1) is 23.6 Å². The molecule has 3 heterocycles. The van der Waals surface area contributed by atoms with Crippen molar-refractivity contribution in [3.63, 3.8) is 0 Å². The number of aromatic nitrogens is 2. The second-order valence-electron chi connectivity index (χ2n) is 5.53. The molecule has 25 heavy (non-hydrogen) atoms. The van der Waals surface area contributed by atoms with Gasteiger partial charge in [0.25, 0.3) is 0 Å². The molecule has 4 rings (SSSR count). The maximum atomic E-state index is 11.4. The first-order valence-electron chi connectivity index (χ1n) is 7.85. The molecule has 0 saturated carbocycles. The predicted octanol–water partition coefficient (Wildman–Crippen LogP) is 3.65. The van der Waals surface area contributed by atoms with Gasteiger partial charge in [-0.1, -0.05) is 0 Å². The lowest BCUT2D eigenvalue weighted by Gasteiger charge is -2.10. The number of hydrogen-bond acceptors (Lipinski definition) is 5. The molecule has 0 fully saturated rings. The van der Waals surface area contributed by atoms with E-state index >= 15 is 0 Å². The van der Waals surface area contributed by atoms with Gasteiger partial charge in [0, 0.05) is 31.1 Å². The zero-order chi connectivity index (χ0) is 16.4. The van der Waals surface area contributed by atoms with Crippen LogP contribution in [0, 0.1) is 0 Å². The highest BCUT2D eigenvalue weighted by Crippen LogP contribution is 2.35. The molecule has 0 aliphatic rings. The van der Waals surface area contributed by atoms with Crippen LogP contribution in [0.25, 0.3) is 21.9 Å².